The van der Waals surface area contributed by atoms with E-state index in [1.165, 1.54) is 5.01 Å². The fraction of sp³-hybridized carbons (Fsp3) is 0.556. The zero-order valence-corrected chi connectivity index (χ0v) is 9.24. The monoisotopic (exact) mass is 264 g/mol. The zero-order valence-electron chi connectivity index (χ0n) is 9.24. The number of alkyl halides is 3. The largest absolute Gasteiger partial charge is 0.503 e. The quantitative estimate of drug-likeness (QED) is 0.190. The van der Waals surface area contributed by atoms with Gasteiger partial charge in [-0.1, -0.05) is 0 Å². The summed E-state index contributed by atoms with van der Waals surface area (Å²) in [6, 6.07) is 1.02. The summed E-state index contributed by atoms with van der Waals surface area (Å²) in [5.41, 5.74) is -1.42. The fourth-order valence-electron chi connectivity index (χ4n) is 1.50. The van der Waals surface area contributed by atoms with Crippen molar-refractivity contribution < 1.29 is 23.1 Å². The van der Waals surface area contributed by atoms with E-state index in [2.05, 4.69) is 0 Å². The van der Waals surface area contributed by atoms with Gasteiger partial charge in [-0.25, -0.2) is 16.0 Å². The minimum Gasteiger partial charge on any atom is -0.503 e. The highest BCUT2D eigenvalue weighted by Crippen LogP contribution is 2.26. The van der Waals surface area contributed by atoms with Crippen molar-refractivity contribution in [1.82, 2.24) is 10.1 Å². The molecule has 0 spiro atoms. The van der Waals surface area contributed by atoms with Gasteiger partial charge in [-0.3, -0.25) is 4.79 Å². The molecule has 9 heteroatoms. The second kappa shape index (κ2) is 5.24. The molecule has 0 bridgehead atoms. The highest BCUT2D eigenvalue weighted by Gasteiger charge is 2.40. The van der Waals surface area contributed by atoms with Crippen LogP contribution in [0.3, 0.4) is 0 Å². The van der Waals surface area contributed by atoms with Crippen molar-refractivity contribution in [2.45, 2.75) is 19.0 Å². The van der Waals surface area contributed by atoms with Gasteiger partial charge < -0.3 is 5.11 Å². The van der Waals surface area contributed by atoms with Gasteiger partial charge in [0.2, 0.25) is 5.76 Å². The van der Waals surface area contributed by atoms with E-state index in [0.717, 1.165) is 18.9 Å². The van der Waals surface area contributed by atoms with Crippen LogP contribution in [0.2, 0.25) is 0 Å². The highest BCUT2D eigenvalue weighted by molar-refractivity contribution is 5.97. The lowest BCUT2D eigenvalue weighted by Gasteiger charge is -2.26. The molecule has 1 aliphatic heterocycles. The Morgan fingerprint density at radius 1 is 1.39 bits per heavy atom. The second-order valence-corrected chi connectivity index (χ2v) is 3.64. The summed E-state index contributed by atoms with van der Waals surface area (Å²) in [6.45, 7) is 0.821. The van der Waals surface area contributed by atoms with Gasteiger partial charge in [-0.2, -0.15) is 18.4 Å². The highest BCUT2D eigenvalue weighted by atomic mass is 19.4. The number of nitrogens with two attached hydrogens (primary N) is 1. The van der Waals surface area contributed by atoms with Gasteiger partial charge in [-0.05, 0) is 12.8 Å². The number of allylic oxidation sites excluding steroid dienone is 1. The average molecular weight is 264 g/mol. The van der Waals surface area contributed by atoms with Gasteiger partial charge in [0.1, 0.15) is 6.07 Å². The normalized spacial score (nSPS) is 18.2. The van der Waals surface area contributed by atoms with E-state index in [-0.39, 0.29) is 0 Å². The summed E-state index contributed by atoms with van der Waals surface area (Å²) in [7, 11) is 0. The minimum atomic E-state index is -5.16. The summed E-state index contributed by atoms with van der Waals surface area (Å²) in [5, 5.41) is 19.1. The first-order valence-electron chi connectivity index (χ1n) is 5.03. The van der Waals surface area contributed by atoms with E-state index in [9.17, 15) is 18.0 Å². The van der Waals surface area contributed by atoms with E-state index >= 15 is 0 Å². The Balaban J connectivity index is 2.96. The SMILES string of the molecule is N#C/C(C(=O)N(N)N1CCCC1)=C(/O)C(F)(F)F. The number of nitriles is 1. The Bertz CT molecular complexity index is 407. The van der Waals surface area contributed by atoms with Crippen LogP contribution in [0, 0.1) is 11.3 Å². The molecule has 0 atom stereocenters. The third-order valence-corrected chi connectivity index (χ3v) is 2.43. The molecule has 1 aliphatic rings. The van der Waals surface area contributed by atoms with Gasteiger partial charge in [0.15, 0.2) is 5.57 Å². The molecular weight excluding hydrogens is 253 g/mol. The van der Waals surface area contributed by atoms with Gasteiger partial charge in [0.05, 0.1) is 0 Å². The van der Waals surface area contributed by atoms with Crippen LogP contribution >= 0.6 is 0 Å². The molecule has 1 rings (SSSR count). The molecule has 1 amide bonds. The van der Waals surface area contributed by atoms with Crippen molar-refractivity contribution in [2.24, 2.45) is 5.84 Å². The third kappa shape index (κ3) is 2.91. The molecule has 3 N–H and O–H groups in total. The lowest BCUT2D eigenvalue weighted by atomic mass is 10.2. The smallest absolute Gasteiger partial charge is 0.450 e. The van der Waals surface area contributed by atoms with Gasteiger partial charge in [0, 0.05) is 13.1 Å². The van der Waals surface area contributed by atoms with Crippen LogP contribution in [0.1, 0.15) is 12.8 Å². The molecule has 0 saturated carbocycles. The topological polar surface area (TPSA) is 93.6 Å². The van der Waals surface area contributed by atoms with Crippen LogP contribution in [-0.2, 0) is 4.79 Å². The predicted octanol–water partition coefficient (Wildman–Crippen LogP) is 0.597. The van der Waals surface area contributed by atoms with Crippen molar-refractivity contribution in [3.63, 3.8) is 0 Å². The Hall–Kier alpha value is -1.79. The molecule has 1 fully saturated rings. The van der Waals surface area contributed by atoms with Crippen molar-refractivity contribution >= 4 is 5.91 Å². The lowest BCUT2D eigenvalue weighted by molar-refractivity contribution is -0.146. The first-order chi connectivity index (χ1) is 8.29. The molecule has 0 aliphatic carbocycles. The number of carbonyl (C=O) groups excluding carboxylic acids is 1. The molecule has 100 valence electrons. The van der Waals surface area contributed by atoms with E-state index in [1.807, 2.05) is 0 Å². The molecule has 0 unspecified atom stereocenters. The van der Waals surface area contributed by atoms with E-state index in [1.54, 1.807) is 0 Å². The van der Waals surface area contributed by atoms with E-state index in [4.69, 9.17) is 16.2 Å². The number of aliphatic hydroxyl groups is 1. The Morgan fingerprint density at radius 3 is 2.28 bits per heavy atom. The number of amides is 1. The molecule has 6 nitrogen and oxygen atoms in total. The number of hydrazine groups is 2. The zero-order chi connectivity index (χ0) is 13.9. The van der Waals surface area contributed by atoms with Crippen LogP contribution in [0.15, 0.2) is 11.3 Å². The molecule has 1 heterocycles. The molecule has 0 aromatic heterocycles. The maximum atomic E-state index is 12.2. The molecule has 0 aromatic rings. The maximum absolute atomic E-state index is 12.2. The molecule has 18 heavy (non-hydrogen) atoms. The number of nitrogens with zero attached hydrogens (tertiary/aromatic N) is 3. The van der Waals surface area contributed by atoms with E-state index < -0.39 is 23.4 Å². The standard InChI is InChI=1S/C9H11F3N4O2/c10-9(11,12)7(17)6(5-13)8(18)16(14)15-3-1-2-4-15/h17H,1-4,14H2/b7-6-. The number of hydrogen-bond donors (Lipinski definition) is 2. The Kier molecular flexibility index (Phi) is 4.15. The summed E-state index contributed by atoms with van der Waals surface area (Å²) >= 11 is 0. The summed E-state index contributed by atoms with van der Waals surface area (Å²) in [5.74, 6) is 1.71. The van der Waals surface area contributed by atoms with Gasteiger partial charge >= 0.3 is 6.18 Å². The first-order valence-corrected chi connectivity index (χ1v) is 5.03. The second-order valence-electron chi connectivity index (χ2n) is 3.64. The Labute approximate surface area is 101 Å². The van der Waals surface area contributed by atoms with E-state index in [0.29, 0.717) is 18.2 Å². The van der Waals surface area contributed by atoms with Gasteiger partial charge in [0.25, 0.3) is 5.91 Å². The molecule has 0 radical (unpaired) electrons. The molecular formula is C9H11F3N4O2. The van der Waals surface area contributed by atoms with Crippen LogP contribution in [0.5, 0.6) is 0 Å². The van der Waals surface area contributed by atoms with Crippen LogP contribution < -0.4 is 5.84 Å². The number of aliphatic hydroxyl groups excluding tert-OH is 1. The molecule has 0 aromatic carbocycles. The third-order valence-electron chi connectivity index (χ3n) is 2.43. The number of halogens is 3. The number of rotatable bonds is 2. The maximum Gasteiger partial charge on any atom is 0.450 e. The first kappa shape index (κ1) is 14.3. The van der Waals surface area contributed by atoms with Crippen molar-refractivity contribution in [2.75, 3.05) is 13.1 Å². The molecule has 1 saturated heterocycles. The van der Waals surface area contributed by atoms with Crippen LogP contribution in [0.4, 0.5) is 13.2 Å². The lowest BCUT2D eigenvalue weighted by Crippen LogP contribution is -2.50. The number of hydrogen-bond acceptors (Lipinski definition) is 5. The van der Waals surface area contributed by atoms with Crippen LogP contribution in [0.25, 0.3) is 0 Å². The summed E-state index contributed by atoms with van der Waals surface area (Å²) in [4.78, 5) is 11.6. The van der Waals surface area contributed by atoms with Crippen molar-refractivity contribution in [3.8, 4) is 6.07 Å². The van der Waals surface area contributed by atoms with Crippen molar-refractivity contribution in [1.29, 1.82) is 5.26 Å². The summed E-state index contributed by atoms with van der Waals surface area (Å²) in [6.07, 6.45) is -3.66. The number of carbonyl (C=O) groups is 1. The van der Waals surface area contributed by atoms with Gasteiger partial charge in [-0.15, -0.1) is 0 Å². The average Bonchev–Trinajstić information content (AvgIpc) is 2.80. The minimum absolute atomic E-state index is 0.410. The van der Waals surface area contributed by atoms with Crippen molar-refractivity contribution in [3.05, 3.63) is 11.3 Å². The van der Waals surface area contributed by atoms with Crippen LogP contribution in [-0.4, -0.2) is 40.4 Å². The predicted molar refractivity (Wildman–Crippen MR) is 53.2 cm³/mol. The summed E-state index contributed by atoms with van der Waals surface area (Å²) < 4.78 is 36.6. The fourth-order valence-corrected chi connectivity index (χ4v) is 1.50. The Morgan fingerprint density at radius 2 is 1.89 bits per heavy atom.